The number of hydrogen-bond acceptors (Lipinski definition) is 3. The van der Waals surface area contributed by atoms with Crippen LogP contribution in [0.1, 0.15) is 35.6 Å². The number of rotatable bonds is 4. The van der Waals surface area contributed by atoms with Gasteiger partial charge >= 0.3 is 12.4 Å². The smallest absolute Gasteiger partial charge is 0.422 e. The Hall–Kier alpha value is -2.52. The Morgan fingerprint density at radius 3 is 2.47 bits per heavy atom. The third kappa shape index (κ3) is 4.78. The van der Waals surface area contributed by atoms with Crippen LogP contribution in [-0.4, -0.2) is 31.5 Å². The maximum absolute atomic E-state index is 13.3. The quantitative estimate of drug-likeness (QED) is 0.578. The number of piperidine rings is 1. The van der Waals surface area contributed by atoms with Gasteiger partial charge in [-0.25, -0.2) is 0 Å². The molecule has 2 heterocycles. The highest BCUT2D eigenvalue weighted by atomic mass is 19.4. The molecular weight excluding hydrogens is 436 g/mol. The van der Waals surface area contributed by atoms with E-state index in [2.05, 4.69) is 5.32 Å². The van der Waals surface area contributed by atoms with Crippen molar-refractivity contribution >= 4 is 5.57 Å². The molecule has 0 saturated carbocycles. The molecule has 2 atom stereocenters. The highest BCUT2D eigenvalue weighted by Crippen LogP contribution is 2.46. The first-order valence-corrected chi connectivity index (χ1v) is 10.1. The molecule has 1 fully saturated rings. The lowest BCUT2D eigenvalue weighted by Crippen LogP contribution is -2.47. The minimum absolute atomic E-state index is 0.0330. The summed E-state index contributed by atoms with van der Waals surface area (Å²) in [6, 6.07) is 11.8. The summed E-state index contributed by atoms with van der Waals surface area (Å²) in [6.45, 7) is -0.884. The van der Waals surface area contributed by atoms with E-state index in [9.17, 15) is 26.3 Å². The van der Waals surface area contributed by atoms with Crippen molar-refractivity contribution < 1.29 is 35.8 Å². The summed E-state index contributed by atoms with van der Waals surface area (Å²) in [4.78, 5) is 0. The largest absolute Gasteiger partial charge is 0.483 e. The summed E-state index contributed by atoms with van der Waals surface area (Å²) in [5, 5.41) is 3.41. The van der Waals surface area contributed by atoms with Crippen LogP contribution in [0.2, 0.25) is 0 Å². The molecule has 1 saturated heterocycles. The van der Waals surface area contributed by atoms with E-state index in [-0.39, 0.29) is 24.0 Å². The van der Waals surface area contributed by atoms with Crippen LogP contribution in [0.15, 0.2) is 54.6 Å². The summed E-state index contributed by atoms with van der Waals surface area (Å²) < 4.78 is 89.0. The third-order valence-corrected chi connectivity index (χ3v) is 5.67. The fraction of sp³-hybridized carbons (Fsp3) is 0.391. The normalized spacial score (nSPS) is 23.9. The van der Waals surface area contributed by atoms with Gasteiger partial charge in [-0.2, -0.15) is 26.3 Å². The summed E-state index contributed by atoms with van der Waals surface area (Å²) >= 11 is 0. The van der Waals surface area contributed by atoms with Crippen molar-refractivity contribution in [1.29, 1.82) is 0 Å². The Morgan fingerprint density at radius 2 is 1.78 bits per heavy atom. The predicted octanol–water partition coefficient (Wildman–Crippen LogP) is 5.92. The van der Waals surface area contributed by atoms with Gasteiger partial charge in [-0.05, 0) is 54.8 Å². The SMILES string of the molecule is FC(F)(F)COc1ccc(C(F)(F)F)cc1C1=C[C@@]2(CCCN[C@H]2c2ccccc2)OC1. The van der Waals surface area contributed by atoms with Crippen molar-refractivity contribution in [3.63, 3.8) is 0 Å². The number of hydrogen-bond donors (Lipinski definition) is 1. The van der Waals surface area contributed by atoms with Crippen molar-refractivity contribution in [1.82, 2.24) is 5.32 Å². The van der Waals surface area contributed by atoms with Gasteiger partial charge in [0.15, 0.2) is 6.61 Å². The highest BCUT2D eigenvalue weighted by molar-refractivity contribution is 5.74. The number of nitrogens with one attached hydrogen (secondary N) is 1. The Kier molecular flexibility index (Phi) is 5.98. The second-order valence-electron chi connectivity index (χ2n) is 7.93. The summed E-state index contributed by atoms with van der Waals surface area (Å²) in [6.07, 6.45) is -6.11. The fourth-order valence-electron chi connectivity index (χ4n) is 4.27. The van der Waals surface area contributed by atoms with Gasteiger partial charge in [0.1, 0.15) is 11.4 Å². The molecule has 0 aliphatic carbocycles. The lowest BCUT2D eigenvalue weighted by Gasteiger charge is -2.40. The maximum atomic E-state index is 13.3. The number of halogens is 6. The molecule has 2 aliphatic heterocycles. The molecule has 0 bridgehead atoms. The van der Waals surface area contributed by atoms with Crippen LogP contribution in [0.3, 0.4) is 0 Å². The molecule has 9 heteroatoms. The highest BCUT2D eigenvalue weighted by Gasteiger charge is 2.45. The molecule has 4 rings (SSSR count). The lowest BCUT2D eigenvalue weighted by atomic mass is 9.81. The molecular formula is C23H21F6NO2. The molecule has 0 unspecified atom stereocenters. The van der Waals surface area contributed by atoms with E-state index < -0.39 is 30.1 Å². The van der Waals surface area contributed by atoms with Gasteiger partial charge in [-0.1, -0.05) is 30.3 Å². The number of ether oxygens (including phenoxy) is 2. The first-order valence-electron chi connectivity index (χ1n) is 10.1. The molecule has 0 amide bonds. The van der Waals surface area contributed by atoms with E-state index in [4.69, 9.17) is 9.47 Å². The molecule has 2 aromatic rings. The van der Waals surface area contributed by atoms with E-state index in [0.29, 0.717) is 12.0 Å². The van der Waals surface area contributed by atoms with Crippen molar-refractivity contribution in [3.8, 4) is 5.75 Å². The van der Waals surface area contributed by atoms with Crippen LogP contribution in [-0.2, 0) is 10.9 Å². The summed E-state index contributed by atoms with van der Waals surface area (Å²) in [5.74, 6) is -0.262. The first kappa shape index (κ1) is 22.7. The van der Waals surface area contributed by atoms with Gasteiger partial charge < -0.3 is 14.8 Å². The molecule has 0 aromatic heterocycles. The van der Waals surface area contributed by atoms with Crippen LogP contribution in [0, 0.1) is 0 Å². The van der Waals surface area contributed by atoms with Gasteiger partial charge in [0, 0.05) is 5.56 Å². The third-order valence-electron chi connectivity index (χ3n) is 5.67. The molecule has 32 heavy (non-hydrogen) atoms. The van der Waals surface area contributed by atoms with Crippen LogP contribution in [0.5, 0.6) is 5.75 Å². The van der Waals surface area contributed by atoms with E-state index in [1.807, 2.05) is 30.3 Å². The molecule has 3 nitrogen and oxygen atoms in total. The Morgan fingerprint density at radius 1 is 1.03 bits per heavy atom. The maximum Gasteiger partial charge on any atom is 0.422 e. The minimum atomic E-state index is -4.64. The van der Waals surface area contributed by atoms with Gasteiger partial charge in [0.25, 0.3) is 0 Å². The van der Waals surface area contributed by atoms with Crippen LogP contribution < -0.4 is 10.1 Å². The number of alkyl halides is 6. The second-order valence-corrected chi connectivity index (χ2v) is 7.93. The standard InChI is InChI=1S/C23H21F6NO2/c24-22(25,26)14-31-19-8-7-17(23(27,28)29)11-18(19)16-12-21(32-13-16)9-4-10-30-20(21)15-5-2-1-3-6-15/h1-3,5-8,11-12,20,30H,4,9-10,13-14H2/t20-,21+/m0/s1. The fourth-order valence-corrected chi connectivity index (χ4v) is 4.27. The Balaban J connectivity index is 1.74. The average molecular weight is 457 g/mol. The predicted molar refractivity (Wildman–Crippen MR) is 106 cm³/mol. The zero-order valence-corrected chi connectivity index (χ0v) is 16.9. The zero-order chi connectivity index (χ0) is 23.0. The second kappa shape index (κ2) is 8.44. The molecule has 2 aromatic carbocycles. The zero-order valence-electron chi connectivity index (χ0n) is 16.9. The van der Waals surface area contributed by atoms with E-state index in [0.717, 1.165) is 36.7 Å². The average Bonchev–Trinajstić information content (AvgIpc) is 3.16. The lowest BCUT2D eigenvalue weighted by molar-refractivity contribution is -0.153. The monoisotopic (exact) mass is 457 g/mol. The van der Waals surface area contributed by atoms with Crippen molar-refractivity contribution in [3.05, 3.63) is 71.3 Å². The van der Waals surface area contributed by atoms with E-state index >= 15 is 0 Å². The Labute approximate surface area is 181 Å². The topological polar surface area (TPSA) is 30.5 Å². The van der Waals surface area contributed by atoms with Gasteiger partial charge in [0.05, 0.1) is 18.2 Å². The van der Waals surface area contributed by atoms with Crippen molar-refractivity contribution in [2.75, 3.05) is 19.8 Å². The first-order chi connectivity index (χ1) is 15.1. The van der Waals surface area contributed by atoms with E-state index in [1.165, 1.54) is 0 Å². The van der Waals surface area contributed by atoms with Gasteiger partial charge in [0.2, 0.25) is 0 Å². The van der Waals surface area contributed by atoms with Gasteiger partial charge in [-0.3, -0.25) is 0 Å². The molecule has 1 spiro atoms. The van der Waals surface area contributed by atoms with Crippen molar-refractivity contribution in [2.24, 2.45) is 0 Å². The van der Waals surface area contributed by atoms with Crippen molar-refractivity contribution in [2.45, 2.75) is 36.8 Å². The Bertz CT molecular complexity index is 986. The van der Waals surface area contributed by atoms with Crippen LogP contribution >= 0.6 is 0 Å². The van der Waals surface area contributed by atoms with Crippen LogP contribution in [0.25, 0.3) is 5.57 Å². The minimum Gasteiger partial charge on any atom is -0.483 e. The molecule has 1 N–H and O–H groups in total. The van der Waals surface area contributed by atoms with Crippen LogP contribution in [0.4, 0.5) is 26.3 Å². The molecule has 2 aliphatic rings. The van der Waals surface area contributed by atoms with Gasteiger partial charge in [-0.15, -0.1) is 0 Å². The summed E-state index contributed by atoms with van der Waals surface area (Å²) in [5.41, 5.74) is -0.488. The number of benzene rings is 2. The molecule has 0 radical (unpaired) electrons. The van der Waals surface area contributed by atoms with E-state index in [1.54, 1.807) is 6.08 Å². The summed E-state index contributed by atoms with van der Waals surface area (Å²) in [7, 11) is 0. The molecule has 172 valence electrons.